The fraction of sp³-hybridized carbons (Fsp3) is 0.250. The molecule has 0 unspecified atom stereocenters. The predicted octanol–water partition coefficient (Wildman–Crippen LogP) is 5.93. The molecule has 0 saturated heterocycles. The zero-order valence-electron chi connectivity index (χ0n) is 11.4. The predicted molar refractivity (Wildman–Crippen MR) is 90.4 cm³/mol. The topological polar surface area (TPSA) is 24.7 Å². The number of nitrogens with zero attached hydrogens (tertiary/aromatic N) is 2. The van der Waals surface area contributed by atoms with E-state index < -0.39 is 0 Å². The molecule has 2 aliphatic heterocycles. The molecule has 0 aromatic heterocycles. The maximum Gasteiger partial charge on any atom is 0.0783 e. The molecule has 0 amide bonds. The third-order valence-electron chi connectivity index (χ3n) is 3.59. The highest BCUT2D eigenvalue weighted by molar-refractivity contribution is 8.14. The first kappa shape index (κ1) is 12.5. The molecule has 0 bridgehead atoms. The van der Waals surface area contributed by atoms with E-state index in [9.17, 15) is 0 Å². The molecule has 0 aliphatic carbocycles. The third kappa shape index (κ3) is 1.75. The summed E-state index contributed by atoms with van der Waals surface area (Å²) < 4.78 is 0. The lowest BCUT2D eigenvalue weighted by atomic mass is 10.1. The van der Waals surface area contributed by atoms with Crippen molar-refractivity contribution in [3.8, 4) is 0 Å². The van der Waals surface area contributed by atoms with E-state index in [1.165, 1.54) is 30.7 Å². The number of thioether (sulfide) groups is 2. The van der Waals surface area contributed by atoms with Gasteiger partial charge in [0.15, 0.2) is 0 Å². The number of aliphatic imine (C=N–C) groups is 2. The zero-order valence-corrected chi connectivity index (χ0v) is 13.1. The Hall–Kier alpha value is -1.26. The van der Waals surface area contributed by atoms with Gasteiger partial charge in [0.05, 0.1) is 21.5 Å². The van der Waals surface area contributed by atoms with Crippen LogP contribution in [-0.4, -0.2) is 10.1 Å². The molecule has 0 atom stereocenters. The smallest absolute Gasteiger partial charge is 0.0783 e. The first-order valence-corrected chi connectivity index (χ1v) is 8.54. The van der Waals surface area contributed by atoms with Gasteiger partial charge >= 0.3 is 0 Å². The van der Waals surface area contributed by atoms with Gasteiger partial charge in [-0.2, -0.15) is 0 Å². The molecule has 100 valence electrons. The molecule has 2 aromatic rings. The van der Waals surface area contributed by atoms with Crippen LogP contribution in [0.15, 0.2) is 44.0 Å². The number of rotatable bonds is 2. The van der Waals surface area contributed by atoms with E-state index >= 15 is 0 Å². The molecule has 0 fully saturated rings. The zero-order chi connectivity index (χ0) is 13.7. The Kier molecular flexibility index (Phi) is 2.89. The second-order valence-corrected chi connectivity index (χ2v) is 7.07. The first-order valence-electron chi connectivity index (χ1n) is 6.90. The molecule has 2 aromatic carbocycles. The van der Waals surface area contributed by atoms with Gasteiger partial charge in [-0.1, -0.05) is 37.4 Å². The summed E-state index contributed by atoms with van der Waals surface area (Å²) >= 11 is 3.60. The monoisotopic (exact) mass is 298 g/mol. The van der Waals surface area contributed by atoms with Crippen molar-refractivity contribution in [2.24, 2.45) is 9.98 Å². The van der Waals surface area contributed by atoms with Crippen LogP contribution < -0.4 is 0 Å². The molecule has 0 radical (unpaired) electrons. The van der Waals surface area contributed by atoms with Crippen molar-refractivity contribution >= 4 is 55.8 Å². The highest BCUT2D eigenvalue weighted by atomic mass is 32.2. The number of hydrogen-bond acceptors (Lipinski definition) is 4. The van der Waals surface area contributed by atoms with Crippen LogP contribution in [0.4, 0.5) is 11.4 Å². The summed E-state index contributed by atoms with van der Waals surface area (Å²) in [5.41, 5.74) is 2.21. The minimum atomic E-state index is 0.988. The van der Waals surface area contributed by atoms with E-state index in [0.717, 1.165) is 24.2 Å². The van der Waals surface area contributed by atoms with Crippen LogP contribution in [0.2, 0.25) is 0 Å². The van der Waals surface area contributed by atoms with E-state index in [4.69, 9.17) is 9.98 Å². The van der Waals surface area contributed by atoms with Crippen LogP contribution >= 0.6 is 23.5 Å². The third-order valence-corrected chi connectivity index (χ3v) is 5.94. The molecular weight excluding hydrogens is 284 g/mol. The molecule has 2 heterocycles. The summed E-state index contributed by atoms with van der Waals surface area (Å²) in [4.78, 5) is 12.2. The van der Waals surface area contributed by atoms with Crippen molar-refractivity contribution in [3.05, 3.63) is 24.3 Å². The van der Waals surface area contributed by atoms with Crippen LogP contribution in [0, 0.1) is 0 Å². The summed E-state index contributed by atoms with van der Waals surface area (Å²) in [6.45, 7) is 4.32. The minimum Gasteiger partial charge on any atom is -0.246 e. The maximum absolute atomic E-state index is 4.78. The van der Waals surface area contributed by atoms with Crippen molar-refractivity contribution in [2.75, 3.05) is 0 Å². The quantitative estimate of drug-likeness (QED) is 0.686. The molecule has 20 heavy (non-hydrogen) atoms. The van der Waals surface area contributed by atoms with Crippen molar-refractivity contribution in [1.29, 1.82) is 0 Å². The molecule has 2 aliphatic rings. The van der Waals surface area contributed by atoms with Gasteiger partial charge < -0.3 is 0 Å². The van der Waals surface area contributed by atoms with Crippen LogP contribution in [0.5, 0.6) is 0 Å². The molecule has 2 nitrogen and oxygen atoms in total. The molecule has 0 spiro atoms. The summed E-state index contributed by atoms with van der Waals surface area (Å²) in [6.07, 6.45) is 1.98. The minimum absolute atomic E-state index is 0.988. The van der Waals surface area contributed by atoms with E-state index in [1.54, 1.807) is 23.5 Å². The van der Waals surface area contributed by atoms with Gasteiger partial charge in [-0.25, -0.2) is 9.98 Å². The number of benzene rings is 2. The summed E-state index contributed by atoms with van der Waals surface area (Å²) in [5.74, 6) is 0. The summed E-state index contributed by atoms with van der Waals surface area (Å²) in [7, 11) is 0. The Labute approximate surface area is 126 Å². The maximum atomic E-state index is 4.78. The van der Waals surface area contributed by atoms with Gasteiger partial charge in [0.2, 0.25) is 0 Å². The first-order chi connectivity index (χ1) is 9.80. The van der Waals surface area contributed by atoms with Crippen LogP contribution in [0.1, 0.15) is 26.7 Å². The van der Waals surface area contributed by atoms with E-state index in [0.29, 0.717) is 0 Å². The Balaban J connectivity index is 2.06. The molecular formula is C16H14N2S2. The van der Waals surface area contributed by atoms with Gasteiger partial charge in [0.25, 0.3) is 0 Å². The molecule has 4 heteroatoms. The van der Waals surface area contributed by atoms with Gasteiger partial charge in [-0.15, -0.1) is 0 Å². The lowest BCUT2D eigenvalue weighted by Gasteiger charge is -2.21. The Morgan fingerprint density at radius 1 is 0.750 bits per heavy atom. The molecule has 0 N–H and O–H groups in total. The van der Waals surface area contributed by atoms with Crippen molar-refractivity contribution in [3.63, 3.8) is 0 Å². The highest BCUT2D eigenvalue weighted by Gasteiger charge is 2.22. The van der Waals surface area contributed by atoms with E-state index in [1.807, 2.05) is 0 Å². The number of hydrogen-bond donors (Lipinski definition) is 0. The second kappa shape index (κ2) is 4.64. The van der Waals surface area contributed by atoms with Crippen LogP contribution in [0.3, 0.4) is 0 Å². The average Bonchev–Trinajstić information content (AvgIpc) is 2.51. The standard InChI is InChI=1S/C16H14N2S2/c1-3-13-17-9-5-8-12-16-10(18-14(4-2)20-12)6-7-11(19-13)15(9)16/h5-8H,3-4H2,1-2H3. The second-order valence-electron chi connectivity index (χ2n) is 4.84. The van der Waals surface area contributed by atoms with Crippen molar-refractivity contribution in [2.45, 2.75) is 36.5 Å². The normalized spacial score (nSPS) is 16.1. The van der Waals surface area contributed by atoms with Crippen LogP contribution in [-0.2, 0) is 0 Å². The Morgan fingerprint density at radius 2 is 1.20 bits per heavy atom. The molecule has 4 rings (SSSR count). The fourth-order valence-corrected chi connectivity index (χ4v) is 4.60. The fourth-order valence-electron chi connectivity index (χ4n) is 2.62. The highest BCUT2D eigenvalue weighted by Crippen LogP contribution is 2.49. The van der Waals surface area contributed by atoms with Gasteiger partial charge in [0, 0.05) is 20.6 Å². The van der Waals surface area contributed by atoms with Gasteiger partial charge in [-0.05, 0) is 37.1 Å². The van der Waals surface area contributed by atoms with Crippen molar-refractivity contribution in [1.82, 2.24) is 0 Å². The molecule has 0 saturated carbocycles. The van der Waals surface area contributed by atoms with E-state index in [-0.39, 0.29) is 0 Å². The lowest BCUT2D eigenvalue weighted by molar-refractivity contribution is 1.28. The summed E-state index contributed by atoms with van der Waals surface area (Å²) in [6, 6.07) is 8.72. The largest absolute Gasteiger partial charge is 0.246 e. The SMILES string of the molecule is CCC1=Nc2ccc3c4c(ccc(c24)S1)N=C(CC)S3. The van der Waals surface area contributed by atoms with Crippen molar-refractivity contribution < 1.29 is 0 Å². The Bertz CT molecular complexity index is 723. The Morgan fingerprint density at radius 3 is 1.60 bits per heavy atom. The van der Waals surface area contributed by atoms with E-state index in [2.05, 4.69) is 38.1 Å². The summed E-state index contributed by atoms with van der Waals surface area (Å²) in [5, 5.41) is 4.96. The van der Waals surface area contributed by atoms with Gasteiger partial charge in [-0.3, -0.25) is 0 Å². The van der Waals surface area contributed by atoms with Gasteiger partial charge in [0.1, 0.15) is 0 Å². The van der Waals surface area contributed by atoms with Crippen LogP contribution in [0.25, 0.3) is 10.8 Å². The average molecular weight is 298 g/mol. The lowest BCUT2D eigenvalue weighted by Crippen LogP contribution is -1.99.